The van der Waals surface area contributed by atoms with E-state index in [1.54, 1.807) is 18.3 Å². The van der Waals surface area contributed by atoms with Gasteiger partial charge in [0.1, 0.15) is 10.8 Å². The van der Waals surface area contributed by atoms with Crippen LogP contribution in [-0.2, 0) is 11.2 Å². The topological polar surface area (TPSA) is 80.2 Å². The number of pyridine rings is 1. The van der Waals surface area contributed by atoms with E-state index in [0.29, 0.717) is 29.7 Å². The molecule has 1 fully saturated rings. The zero-order valence-electron chi connectivity index (χ0n) is 13.0. The van der Waals surface area contributed by atoms with E-state index in [1.165, 1.54) is 11.3 Å². The Hall–Kier alpha value is -2.06. The molecule has 23 heavy (non-hydrogen) atoms. The Bertz CT molecular complexity index is 669. The van der Waals surface area contributed by atoms with Gasteiger partial charge in [-0.15, -0.1) is 10.2 Å². The Kier molecular flexibility index (Phi) is 5.14. The molecule has 3 rings (SSSR count). The Morgan fingerprint density at radius 2 is 2.22 bits per heavy atom. The smallest absolute Gasteiger partial charge is 0.261 e. The first-order valence-electron chi connectivity index (χ1n) is 7.69. The van der Waals surface area contributed by atoms with E-state index < -0.39 is 0 Å². The number of amides is 1. The molecule has 1 aliphatic rings. The van der Waals surface area contributed by atoms with Crippen LogP contribution in [0.25, 0.3) is 0 Å². The number of nitrogens with zero attached hydrogens (tertiary/aromatic N) is 4. The van der Waals surface area contributed by atoms with Crippen molar-refractivity contribution in [2.24, 2.45) is 0 Å². The zero-order chi connectivity index (χ0) is 16.1. The summed E-state index contributed by atoms with van der Waals surface area (Å²) in [5, 5.41) is 12.4. The van der Waals surface area contributed by atoms with Crippen molar-refractivity contribution in [3.8, 4) is 0 Å². The fourth-order valence-corrected chi connectivity index (χ4v) is 3.22. The molecule has 0 aromatic carbocycles. The summed E-state index contributed by atoms with van der Waals surface area (Å²) in [6.45, 7) is 4.85. The Morgan fingerprint density at radius 1 is 1.39 bits per heavy atom. The molecule has 1 saturated heterocycles. The van der Waals surface area contributed by atoms with Crippen molar-refractivity contribution in [2.75, 3.05) is 36.5 Å². The highest BCUT2D eigenvalue weighted by Crippen LogP contribution is 2.22. The normalized spacial score (nSPS) is 14.7. The van der Waals surface area contributed by atoms with Crippen LogP contribution in [0.15, 0.2) is 18.3 Å². The summed E-state index contributed by atoms with van der Waals surface area (Å²) in [6.07, 6.45) is 3.58. The van der Waals surface area contributed by atoms with Gasteiger partial charge in [-0.25, -0.2) is 4.98 Å². The Labute approximate surface area is 138 Å². The van der Waals surface area contributed by atoms with Crippen molar-refractivity contribution in [1.29, 1.82) is 0 Å². The number of rotatable bonds is 5. The molecule has 8 heteroatoms. The van der Waals surface area contributed by atoms with E-state index in [9.17, 15) is 4.79 Å². The summed E-state index contributed by atoms with van der Waals surface area (Å²) in [7, 11) is 0. The van der Waals surface area contributed by atoms with Crippen molar-refractivity contribution in [3.05, 3.63) is 28.9 Å². The second-order valence-electron chi connectivity index (χ2n) is 5.18. The van der Waals surface area contributed by atoms with Gasteiger partial charge in [-0.05, 0) is 18.6 Å². The average molecular weight is 333 g/mol. The molecule has 0 atom stereocenters. The molecule has 122 valence electrons. The van der Waals surface area contributed by atoms with Gasteiger partial charge in [0.05, 0.1) is 18.8 Å². The van der Waals surface area contributed by atoms with Crippen LogP contribution in [0.1, 0.15) is 28.7 Å². The van der Waals surface area contributed by atoms with E-state index in [0.717, 1.165) is 30.9 Å². The third-order valence-corrected chi connectivity index (χ3v) is 4.39. The molecule has 7 nitrogen and oxygen atoms in total. The zero-order valence-corrected chi connectivity index (χ0v) is 13.8. The first kappa shape index (κ1) is 15.8. The van der Waals surface area contributed by atoms with Crippen LogP contribution in [-0.4, -0.2) is 47.4 Å². The lowest BCUT2D eigenvalue weighted by Gasteiger charge is -2.28. The van der Waals surface area contributed by atoms with Gasteiger partial charge in [-0.3, -0.25) is 10.1 Å². The predicted octanol–water partition coefficient (Wildman–Crippen LogP) is 1.97. The minimum Gasteiger partial charge on any atom is -0.378 e. The number of nitrogens with one attached hydrogen (secondary N) is 1. The monoisotopic (exact) mass is 333 g/mol. The summed E-state index contributed by atoms with van der Waals surface area (Å²) >= 11 is 1.41. The maximum atomic E-state index is 12.6. The van der Waals surface area contributed by atoms with Crippen LogP contribution in [0.5, 0.6) is 0 Å². The predicted molar refractivity (Wildman–Crippen MR) is 89.1 cm³/mol. The number of hydrogen-bond donors (Lipinski definition) is 1. The molecule has 0 unspecified atom stereocenters. The van der Waals surface area contributed by atoms with Gasteiger partial charge < -0.3 is 9.64 Å². The summed E-state index contributed by atoms with van der Waals surface area (Å²) in [4.78, 5) is 19.0. The van der Waals surface area contributed by atoms with E-state index in [2.05, 4.69) is 32.3 Å². The molecule has 2 aromatic heterocycles. The minimum atomic E-state index is -0.209. The molecule has 0 radical (unpaired) electrons. The number of aryl methyl sites for hydroxylation is 1. The summed E-state index contributed by atoms with van der Waals surface area (Å²) in [5.74, 6) is 0.477. The largest absolute Gasteiger partial charge is 0.378 e. The summed E-state index contributed by atoms with van der Waals surface area (Å²) in [6, 6.07) is 3.54. The number of aromatic nitrogens is 3. The highest BCUT2D eigenvalue weighted by atomic mass is 32.1. The Morgan fingerprint density at radius 3 is 3.00 bits per heavy atom. The summed E-state index contributed by atoms with van der Waals surface area (Å²) in [5.41, 5.74) is 0.543. The van der Waals surface area contributed by atoms with Crippen molar-refractivity contribution in [1.82, 2.24) is 15.2 Å². The molecule has 1 amide bonds. The lowest BCUT2D eigenvalue weighted by molar-refractivity contribution is 0.102. The van der Waals surface area contributed by atoms with Crippen molar-refractivity contribution >= 4 is 28.2 Å². The van der Waals surface area contributed by atoms with Gasteiger partial charge >= 0.3 is 0 Å². The molecular formula is C15H19N5O2S. The van der Waals surface area contributed by atoms with Crippen LogP contribution in [0.3, 0.4) is 0 Å². The minimum absolute atomic E-state index is 0.209. The number of hydrogen-bond acceptors (Lipinski definition) is 7. The second kappa shape index (κ2) is 7.47. The molecule has 2 aromatic rings. The van der Waals surface area contributed by atoms with Gasteiger partial charge in [-0.2, -0.15) is 0 Å². The van der Waals surface area contributed by atoms with Gasteiger partial charge in [0.25, 0.3) is 5.91 Å². The number of ether oxygens (including phenoxy) is 1. The maximum Gasteiger partial charge on any atom is 0.261 e. The van der Waals surface area contributed by atoms with Crippen molar-refractivity contribution < 1.29 is 9.53 Å². The van der Waals surface area contributed by atoms with Crippen LogP contribution in [0.2, 0.25) is 0 Å². The third-order valence-electron chi connectivity index (χ3n) is 3.49. The second-order valence-corrected chi connectivity index (χ2v) is 6.24. The number of morpholine rings is 1. The fourth-order valence-electron chi connectivity index (χ4n) is 2.38. The first-order valence-corrected chi connectivity index (χ1v) is 8.51. The van der Waals surface area contributed by atoms with Crippen molar-refractivity contribution in [2.45, 2.75) is 19.8 Å². The van der Waals surface area contributed by atoms with E-state index in [1.807, 2.05) is 0 Å². The van der Waals surface area contributed by atoms with Gasteiger partial charge in [0.15, 0.2) is 0 Å². The highest BCUT2D eigenvalue weighted by Gasteiger charge is 2.20. The molecule has 1 aliphatic heterocycles. The summed E-state index contributed by atoms with van der Waals surface area (Å²) < 4.78 is 5.36. The standard InChI is InChI=1S/C15H19N5O2S/c1-2-4-12-18-19-15(23-12)17-14(21)11-5-3-6-16-13(11)20-7-9-22-10-8-20/h3,5-6H,2,4,7-10H2,1H3,(H,17,19,21). The highest BCUT2D eigenvalue weighted by molar-refractivity contribution is 7.15. The van der Waals surface area contributed by atoms with Gasteiger partial charge in [0, 0.05) is 25.7 Å². The van der Waals surface area contributed by atoms with Crippen LogP contribution in [0.4, 0.5) is 10.9 Å². The SMILES string of the molecule is CCCc1nnc(NC(=O)c2cccnc2N2CCOCC2)s1. The lowest BCUT2D eigenvalue weighted by Crippen LogP contribution is -2.38. The molecular weight excluding hydrogens is 314 g/mol. The van der Waals surface area contributed by atoms with Gasteiger partial charge in [-0.1, -0.05) is 18.3 Å². The quantitative estimate of drug-likeness (QED) is 0.901. The third kappa shape index (κ3) is 3.83. The number of anilines is 2. The van der Waals surface area contributed by atoms with E-state index in [4.69, 9.17) is 4.74 Å². The molecule has 3 heterocycles. The molecule has 0 aliphatic carbocycles. The average Bonchev–Trinajstić information content (AvgIpc) is 3.03. The number of carbonyl (C=O) groups excluding carboxylic acids is 1. The molecule has 0 spiro atoms. The van der Waals surface area contributed by atoms with E-state index >= 15 is 0 Å². The lowest BCUT2D eigenvalue weighted by atomic mass is 10.2. The maximum absolute atomic E-state index is 12.6. The first-order chi connectivity index (χ1) is 11.3. The molecule has 0 saturated carbocycles. The number of carbonyl (C=O) groups is 1. The van der Waals surface area contributed by atoms with Crippen LogP contribution in [0, 0.1) is 0 Å². The van der Waals surface area contributed by atoms with Gasteiger partial charge in [0.2, 0.25) is 5.13 Å². The van der Waals surface area contributed by atoms with Crippen molar-refractivity contribution in [3.63, 3.8) is 0 Å². The van der Waals surface area contributed by atoms with Crippen LogP contribution < -0.4 is 10.2 Å². The van der Waals surface area contributed by atoms with Crippen LogP contribution >= 0.6 is 11.3 Å². The Balaban J connectivity index is 1.76. The molecule has 1 N–H and O–H groups in total. The van der Waals surface area contributed by atoms with E-state index in [-0.39, 0.29) is 5.91 Å². The molecule has 0 bridgehead atoms. The fraction of sp³-hybridized carbons (Fsp3) is 0.467.